The van der Waals surface area contributed by atoms with Crippen molar-refractivity contribution in [2.45, 2.75) is 18.9 Å². The van der Waals surface area contributed by atoms with E-state index in [0.29, 0.717) is 6.54 Å². The molecular weight excluding hydrogens is 318 g/mol. The van der Waals surface area contributed by atoms with Gasteiger partial charge in [0, 0.05) is 11.6 Å². The maximum absolute atomic E-state index is 11.3. The van der Waals surface area contributed by atoms with Crippen LogP contribution >= 0.6 is 22.9 Å². The summed E-state index contributed by atoms with van der Waals surface area (Å²) < 4.78 is 0. The Morgan fingerprint density at radius 3 is 2.68 bits per heavy atom. The average Bonchev–Trinajstić information content (AvgIpc) is 3.04. The minimum Gasteiger partial charge on any atom is -0.481 e. The number of carboxylic acids is 1. The van der Waals surface area contributed by atoms with Crippen LogP contribution in [0.25, 0.3) is 0 Å². The fraction of sp³-hybridized carbons (Fsp3) is 0.353. The average molecular weight is 336 g/mol. The highest BCUT2D eigenvalue weighted by molar-refractivity contribution is 7.08. The number of thiophene rings is 1. The highest BCUT2D eigenvalue weighted by Gasteiger charge is 2.31. The highest BCUT2D eigenvalue weighted by atomic mass is 35.5. The van der Waals surface area contributed by atoms with Gasteiger partial charge >= 0.3 is 5.97 Å². The van der Waals surface area contributed by atoms with Crippen molar-refractivity contribution >= 4 is 28.9 Å². The molecule has 3 nitrogen and oxygen atoms in total. The molecule has 3 rings (SSSR count). The van der Waals surface area contributed by atoms with E-state index in [1.54, 1.807) is 11.3 Å². The van der Waals surface area contributed by atoms with Gasteiger partial charge in [0.2, 0.25) is 0 Å². The summed E-state index contributed by atoms with van der Waals surface area (Å²) in [5, 5.41) is 14.3. The van der Waals surface area contributed by atoms with Crippen molar-refractivity contribution < 1.29 is 9.90 Å². The molecule has 1 aromatic carbocycles. The number of halogens is 1. The summed E-state index contributed by atoms with van der Waals surface area (Å²) in [6, 6.07) is 10.1. The van der Waals surface area contributed by atoms with Crippen molar-refractivity contribution in [1.82, 2.24) is 4.90 Å². The molecule has 0 amide bonds. The standard InChI is InChI=1S/C17H18ClNO2S/c18-15-5-3-12(4-6-15)16(14-7-9-22-11-14)19-8-1-2-13(10-19)17(20)21/h3-7,9,11,13,16H,1-2,8,10H2,(H,20,21). The van der Waals surface area contributed by atoms with Gasteiger partial charge < -0.3 is 5.11 Å². The van der Waals surface area contributed by atoms with E-state index in [1.807, 2.05) is 24.3 Å². The number of hydrogen-bond donors (Lipinski definition) is 1. The van der Waals surface area contributed by atoms with Crippen LogP contribution in [0, 0.1) is 5.92 Å². The van der Waals surface area contributed by atoms with E-state index in [2.05, 4.69) is 21.7 Å². The predicted molar refractivity (Wildman–Crippen MR) is 89.5 cm³/mol. The van der Waals surface area contributed by atoms with Crippen molar-refractivity contribution in [3.63, 3.8) is 0 Å². The summed E-state index contributed by atoms with van der Waals surface area (Å²) in [5.41, 5.74) is 2.38. The van der Waals surface area contributed by atoms with Gasteiger partial charge in [-0.25, -0.2) is 0 Å². The summed E-state index contributed by atoms with van der Waals surface area (Å²) in [5.74, 6) is -0.966. The zero-order valence-corrected chi connectivity index (χ0v) is 13.7. The van der Waals surface area contributed by atoms with Crippen LogP contribution in [0.1, 0.15) is 30.0 Å². The van der Waals surface area contributed by atoms with Crippen molar-refractivity contribution in [2.24, 2.45) is 5.92 Å². The normalized spacial score (nSPS) is 20.7. The molecule has 2 atom stereocenters. The third kappa shape index (κ3) is 3.35. The number of carboxylic acid groups (broad SMARTS) is 1. The van der Waals surface area contributed by atoms with Crippen LogP contribution in [0.2, 0.25) is 5.02 Å². The van der Waals surface area contributed by atoms with Crippen LogP contribution in [-0.4, -0.2) is 29.1 Å². The zero-order chi connectivity index (χ0) is 15.5. The van der Waals surface area contributed by atoms with E-state index in [0.717, 1.165) is 30.0 Å². The van der Waals surface area contributed by atoms with Crippen LogP contribution in [0.15, 0.2) is 41.1 Å². The van der Waals surface area contributed by atoms with Crippen LogP contribution in [-0.2, 0) is 4.79 Å². The predicted octanol–water partition coefficient (Wildman–Crippen LogP) is 4.29. The second kappa shape index (κ2) is 6.82. The Labute approximate surface area is 139 Å². The smallest absolute Gasteiger partial charge is 0.307 e. The summed E-state index contributed by atoms with van der Waals surface area (Å²) in [6.07, 6.45) is 1.69. The Kier molecular flexibility index (Phi) is 4.81. The molecule has 0 bridgehead atoms. The van der Waals surface area contributed by atoms with Crippen LogP contribution in [0.4, 0.5) is 0 Å². The molecule has 1 aliphatic rings. The Hall–Kier alpha value is -1.36. The fourth-order valence-electron chi connectivity index (χ4n) is 3.13. The third-order valence-electron chi connectivity index (χ3n) is 4.21. The second-order valence-electron chi connectivity index (χ2n) is 5.68. The molecule has 116 valence electrons. The Morgan fingerprint density at radius 1 is 1.27 bits per heavy atom. The lowest BCUT2D eigenvalue weighted by Gasteiger charge is -2.37. The van der Waals surface area contributed by atoms with Gasteiger partial charge in [-0.1, -0.05) is 23.7 Å². The van der Waals surface area contributed by atoms with Gasteiger partial charge in [-0.3, -0.25) is 9.69 Å². The number of carbonyl (C=O) groups is 1. The molecule has 1 saturated heterocycles. The highest BCUT2D eigenvalue weighted by Crippen LogP contribution is 2.34. The molecule has 1 fully saturated rings. The SMILES string of the molecule is O=C(O)C1CCCN(C(c2ccc(Cl)cc2)c2ccsc2)C1. The van der Waals surface area contributed by atoms with Gasteiger partial charge in [0.05, 0.1) is 12.0 Å². The number of hydrogen-bond acceptors (Lipinski definition) is 3. The van der Waals surface area contributed by atoms with Crippen LogP contribution < -0.4 is 0 Å². The largest absolute Gasteiger partial charge is 0.481 e. The van der Waals surface area contributed by atoms with E-state index in [4.69, 9.17) is 11.6 Å². The maximum Gasteiger partial charge on any atom is 0.307 e. The minimum atomic E-state index is -0.690. The van der Waals surface area contributed by atoms with Crippen molar-refractivity contribution in [1.29, 1.82) is 0 Å². The molecule has 22 heavy (non-hydrogen) atoms. The topological polar surface area (TPSA) is 40.5 Å². The van der Waals surface area contributed by atoms with Gasteiger partial charge in [0.25, 0.3) is 0 Å². The van der Waals surface area contributed by atoms with Crippen LogP contribution in [0.3, 0.4) is 0 Å². The van der Waals surface area contributed by atoms with E-state index in [1.165, 1.54) is 5.56 Å². The summed E-state index contributed by atoms with van der Waals surface area (Å²) in [7, 11) is 0. The minimum absolute atomic E-state index is 0.102. The first kappa shape index (κ1) is 15.5. The Balaban J connectivity index is 1.92. The molecule has 2 heterocycles. The first-order chi connectivity index (χ1) is 10.6. The molecule has 0 saturated carbocycles. The second-order valence-corrected chi connectivity index (χ2v) is 6.90. The van der Waals surface area contributed by atoms with Gasteiger partial charge in [0.15, 0.2) is 0 Å². The molecule has 2 aromatic rings. The molecule has 1 aromatic heterocycles. The van der Waals surface area contributed by atoms with Gasteiger partial charge in [-0.05, 0) is 59.5 Å². The lowest BCUT2D eigenvalue weighted by Crippen LogP contribution is -2.41. The van der Waals surface area contributed by atoms with E-state index < -0.39 is 5.97 Å². The summed E-state index contributed by atoms with van der Waals surface area (Å²) in [4.78, 5) is 13.6. The third-order valence-corrected chi connectivity index (χ3v) is 5.17. The molecule has 0 spiro atoms. The van der Waals surface area contributed by atoms with Crippen LogP contribution in [0.5, 0.6) is 0 Å². The number of benzene rings is 1. The number of likely N-dealkylation sites (tertiary alicyclic amines) is 1. The zero-order valence-electron chi connectivity index (χ0n) is 12.1. The molecule has 0 radical (unpaired) electrons. The molecule has 1 aliphatic heterocycles. The first-order valence-electron chi connectivity index (χ1n) is 7.39. The lowest BCUT2D eigenvalue weighted by molar-refractivity contribution is -0.143. The number of piperidine rings is 1. The molecular formula is C17H18ClNO2S. The fourth-order valence-corrected chi connectivity index (χ4v) is 3.94. The molecule has 5 heteroatoms. The van der Waals surface area contributed by atoms with Crippen molar-refractivity contribution in [3.8, 4) is 0 Å². The lowest BCUT2D eigenvalue weighted by atomic mass is 9.92. The van der Waals surface area contributed by atoms with Gasteiger partial charge in [0.1, 0.15) is 0 Å². The Bertz CT molecular complexity index is 627. The van der Waals surface area contributed by atoms with E-state index in [-0.39, 0.29) is 12.0 Å². The number of rotatable bonds is 4. The maximum atomic E-state index is 11.3. The number of nitrogens with zero attached hydrogens (tertiary/aromatic N) is 1. The Morgan fingerprint density at radius 2 is 2.05 bits per heavy atom. The van der Waals surface area contributed by atoms with Gasteiger partial charge in [-0.2, -0.15) is 11.3 Å². The first-order valence-corrected chi connectivity index (χ1v) is 8.71. The quantitative estimate of drug-likeness (QED) is 0.906. The van der Waals surface area contributed by atoms with Gasteiger partial charge in [-0.15, -0.1) is 0 Å². The molecule has 0 aliphatic carbocycles. The molecule has 2 unspecified atom stereocenters. The summed E-state index contributed by atoms with van der Waals surface area (Å²) in [6.45, 7) is 1.52. The van der Waals surface area contributed by atoms with E-state index in [9.17, 15) is 9.90 Å². The summed E-state index contributed by atoms with van der Waals surface area (Å²) >= 11 is 7.67. The van der Waals surface area contributed by atoms with E-state index >= 15 is 0 Å². The van der Waals surface area contributed by atoms with Crippen molar-refractivity contribution in [2.75, 3.05) is 13.1 Å². The number of aliphatic carboxylic acids is 1. The molecule has 1 N–H and O–H groups in total. The monoisotopic (exact) mass is 335 g/mol. The van der Waals surface area contributed by atoms with Crippen molar-refractivity contribution in [3.05, 3.63) is 57.2 Å².